The highest BCUT2D eigenvalue weighted by molar-refractivity contribution is 5.89. The van der Waals surface area contributed by atoms with Gasteiger partial charge in [-0.05, 0) is 18.9 Å². The first-order valence-corrected chi connectivity index (χ1v) is 6.88. The number of nitrogens with one attached hydrogen (secondary N) is 1. The smallest absolute Gasteiger partial charge is 0.141 e. The van der Waals surface area contributed by atoms with E-state index < -0.39 is 0 Å². The van der Waals surface area contributed by atoms with Gasteiger partial charge in [0.1, 0.15) is 12.0 Å². The Morgan fingerprint density at radius 3 is 2.76 bits per heavy atom. The summed E-state index contributed by atoms with van der Waals surface area (Å²) in [6.45, 7) is 0.130. The third kappa shape index (κ3) is 2.65. The molecule has 3 aromatic rings. The first kappa shape index (κ1) is 13.7. The number of hydrogen-bond donors (Lipinski definition) is 3. The van der Waals surface area contributed by atoms with Gasteiger partial charge >= 0.3 is 0 Å². The second kappa shape index (κ2) is 6.02. The minimum Gasteiger partial charge on any atom is -0.396 e. The Labute approximate surface area is 121 Å². The number of rotatable bonds is 6. The molecule has 0 radical (unpaired) electrons. The fraction of sp³-hybridized carbons (Fsp3) is 0.357. The SMILES string of the molecule is OCCC(CCO)n1cc(-c2ncnc3[nH]ccc23)cn1. The summed E-state index contributed by atoms with van der Waals surface area (Å²) in [4.78, 5) is 11.6. The third-order valence-corrected chi connectivity index (χ3v) is 3.53. The van der Waals surface area contributed by atoms with E-state index >= 15 is 0 Å². The molecule has 0 aliphatic rings. The Morgan fingerprint density at radius 1 is 1.19 bits per heavy atom. The van der Waals surface area contributed by atoms with Crippen LogP contribution in [0.4, 0.5) is 0 Å². The highest BCUT2D eigenvalue weighted by Gasteiger charge is 2.14. The van der Waals surface area contributed by atoms with Crippen molar-refractivity contribution in [3.8, 4) is 11.3 Å². The van der Waals surface area contributed by atoms with Crippen LogP contribution in [0.3, 0.4) is 0 Å². The number of fused-ring (bicyclic) bond motifs is 1. The van der Waals surface area contributed by atoms with E-state index in [0.29, 0.717) is 12.8 Å². The lowest BCUT2D eigenvalue weighted by Gasteiger charge is -2.14. The van der Waals surface area contributed by atoms with Gasteiger partial charge in [-0.15, -0.1) is 0 Å². The number of aromatic nitrogens is 5. The van der Waals surface area contributed by atoms with E-state index in [1.54, 1.807) is 10.9 Å². The van der Waals surface area contributed by atoms with Gasteiger partial charge < -0.3 is 15.2 Å². The molecule has 0 amide bonds. The van der Waals surface area contributed by atoms with Crippen molar-refractivity contribution in [1.82, 2.24) is 24.7 Å². The maximum absolute atomic E-state index is 9.11. The van der Waals surface area contributed by atoms with Crippen molar-refractivity contribution >= 4 is 11.0 Å². The molecule has 0 atom stereocenters. The van der Waals surface area contributed by atoms with Gasteiger partial charge in [-0.25, -0.2) is 9.97 Å². The topological polar surface area (TPSA) is 99.9 Å². The van der Waals surface area contributed by atoms with Crippen molar-refractivity contribution < 1.29 is 10.2 Å². The van der Waals surface area contributed by atoms with Crippen molar-refractivity contribution in [3.63, 3.8) is 0 Å². The van der Waals surface area contributed by atoms with Gasteiger partial charge in [-0.3, -0.25) is 4.68 Å². The van der Waals surface area contributed by atoms with Crippen LogP contribution in [0.2, 0.25) is 0 Å². The molecule has 21 heavy (non-hydrogen) atoms. The number of aromatic amines is 1. The van der Waals surface area contributed by atoms with Crippen LogP contribution in [0, 0.1) is 0 Å². The molecule has 3 aromatic heterocycles. The van der Waals surface area contributed by atoms with E-state index in [1.165, 1.54) is 6.33 Å². The first-order chi connectivity index (χ1) is 10.3. The van der Waals surface area contributed by atoms with Crippen LogP contribution in [0.15, 0.2) is 31.0 Å². The van der Waals surface area contributed by atoms with Crippen LogP contribution < -0.4 is 0 Å². The predicted octanol–water partition coefficient (Wildman–Crippen LogP) is 1.13. The van der Waals surface area contributed by atoms with Crippen LogP contribution in [-0.4, -0.2) is 48.2 Å². The molecule has 7 heteroatoms. The Bertz CT molecular complexity index is 715. The first-order valence-electron chi connectivity index (χ1n) is 6.88. The molecule has 3 heterocycles. The van der Waals surface area contributed by atoms with Gasteiger partial charge in [0.15, 0.2) is 0 Å². The van der Waals surface area contributed by atoms with Gasteiger partial charge in [0.2, 0.25) is 0 Å². The van der Waals surface area contributed by atoms with Crippen molar-refractivity contribution in [2.75, 3.05) is 13.2 Å². The Morgan fingerprint density at radius 2 is 2.00 bits per heavy atom. The third-order valence-electron chi connectivity index (χ3n) is 3.53. The highest BCUT2D eigenvalue weighted by atomic mass is 16.3. The molecule has 0 aliphatic carbocycles. The predicted molar refractivity (Wildman–Crippen MR) is 77.6 cm³/mol. The lowest BCUT2D eigenvalue weighted by atomic mass is 10.1. The summed E-state index contributed by atoms with van der Waals surface area (Å²) in [6.07, 6.45) is 8.11. The molecular weight excluding hydrogens is 270 g/mol. The molecule has 0 spiro atoms. The zero-order valence-corrected chi connectivity index (χ0v) is 11.5. The molecule has 0 unspecified atom stereocenters. The molecule has 0 fully saturated rings. The van der Waals surface area contributed by atoms with Crippen molar-refractivity contribution in [2.45, 2.75) is 18.9 Å². The maximum atomic E-state index is 9.11. The minimum atomic E-state index is -0.0164. The van der Waals surface area contributed by atoms with Crippen LogP contribution in [-0.2, 0) is 0 Å². The van der Waals surface area contributed by atoms with E-state index in [4.69, 9.17) is 10.2 Å². The minimum absolute atomic E-state index is 0.0164. The Kier molecular flexibility index (Phi) is 3.94. The van der Waals surface area contributed by atoms with Gasteiger partial charge in [0.05, 0.1) is 17.9 Å². The average Bonchev–Trinajstić information content (AvgIpc) is 3.15. The Hall–Kier alpha value is -2.25. The normalized spacial score (nSPS) is 11.6. The molecule has 0 bridgehead atoms. The second-order valence-corrected chi connectivity index (χ2v) is 4.85. The fourth-order valence-corrected chi connectivity index (χ4v) is 2.47. The standard InChI is InChI=1S/C14H17N5O2/c20-5-2-11(3-6-21)19-8-10(7-18-19)13-12-1-4-15-14(12)17-9-16-13/h1,4,7-9,11,20-21H,2-3,5-6H2,(H,15,16,17). The highest BCUT2D eigenvalue weighted by Crippen LogP contribution is 2.26. The molecule has 110 valence electrons. The summed E-state index contributed by atoms with van der Waals surface area (Å²) in [6, 6.07) is 1.92. The lowest BCUT2D eigenvalue weighted by molar-refractivity contribution is 0.210. The number of nitrogens with zero attached hydrogens (tertiary/aromatic N) is 4. The summed E-state index contributed by atoms with van der Waals surface area (Å²) in [5, 5.41) is 23.5. The zero-order chi connectivity index (χ0) is 14.7. The van der Waals surface area contributed by atoms with Gasteiger partial charge in [0.25, 0.3) is 0 Å². The zero-order valence-electron chi connectivity index (χ0n) is 11.5. The van der Waals surface area contributed by atoms with Crippen molar-refractivity contribution in [2.24, 2.45) is 0 Å². The Balaban J connectivity index is 1.95. The van der Waals surface area contributed by atoms with Crippen molar-refractivity contribution in [1.29, 1.82) is 0 Å². The number of aliphatic hydroxyl groups is 2. The maximum Gasteiger partial charge on any atom is 0.141 e. The lowest BCUT2D eigenvalue weighted by Crippen LogP contribution is -2.12. The molecule has 3 N–H and O–H groups in total. The summed E-state index contributed by atoms with van der Waals surface area (Å²) in [5.41, 5.74) is 2.50. The fourth-order valence-electron chi connectivity index (χ4n) is 2.47. The van der Waals surface area contributed by atoms with Crippen molar-refractivity contribution in [3.05, 3.63) is 31.0 Å². The van der Waals surface area contributed by atoms with Crippen LogP contribution in [0.25, 0.3) is 22.3 Å². The van der Waals surface area contributed by atoms with E-state index in [-0.39, 0.29) is 19.3 Å². The average molecular weight is 287 g/mol. The van der Waals surface area contributed by atoms with E-state index in [9.17, 15) is 0 Å². The molecule has 0 saturated carbocycles. The van der Waals surface area contributed by atoms with E-state index in [1.807, 2.05) is 18.5 Å². The van der Waals surface area contributed by atoms with Crippen LogP contribution >= 0.6 is 0 Å². The van der Waals surface area contributed by atoms with Gasteiger partial charge in [0, 0.05) is 36.6 Å². The molecule has 7 nitrogen and oxygen atoms in total. The van der Waals surface area contributed by atoms with Crippen LogP contribution in [0.5, 0.6) is 0 Å². The van der Waals surface area contributed by atoms with Crippen LogP contribution in [0.1, 0.15) is 18.9 Å². The summed E-state index contributed by atoms with van der Waals surface area (Å²) in [5.74, 6) is 0. The molecule has 0 aromatic carbocycles. The molecule has 3 rings (SSSR count). The molecule has 0 saturated heterocycles. The summed E-state index contributed by atoms with van der Waals surface area (Å²) in [7, 11) is 0. The van der Waals surface area contributed by atoms with Gasteiger partial charge in [-0.1, -0.05) is 0 Å². The number of aliphatic hydroxyl groups excluding tert-OH is 2. The van der Waals surface area contributed by atoms with E-state index in [0.717, 1.165) is 22.3 Å². The second-order valence-electron chi connectivity index (χ2n) is 4.85. The van der Waals surface area contributed by atoms with E-state index in [2.05, 4.69) is 20.1 Å². The van der Waals surface area contributed by atoms with Gasteiger partial charge in [-0.2, -0.15) is 5.10 Å². The largest absolute Gasteiger partial charge is 0.396 e. The number of H-pyrrole nitrogens is 1. The molecular formula is C14H17N5O2. The summed E-state index contributed by atoms with van der Waals surface area (Å²) < 4.78 is 1.78. The quantitative estimate of drug-likeness (QED) is 0.631. The summed E-state index contributed by atoms with van der Waals surface area (Å²) >= 11 is 0. The monoisotopic (exact) mass is 287 g/mol. The molecule has 0 aliphatic heterocycles. The number of hydrogen-bond acceptors (Lipinski definition) is 5.